The molecule has 0 aliphatic rings. The zero-order valence-corrected chi connectivity index (χ0v) is 12.8. The van der Waals surface area contributed by atoms with Crippen molar-refractivity contribution in [1.82, 2.24) is 0 Å². The van der Waals surface area contributed by atoms with Crippen molar-refractivity contribution in [3.63, 3.8) is 0 Å². The first-order valence-electron chi connectivity index (χ1n) is 6.54. The number of hydrogen-bond acceptors (Lipinski definition) is 4. The number of methoxy groups -OCH3 is 1. The molecule has 0 heterocycles. The SMILES string of the molecule is CCS(=O)(=O)N(CC(=O)OC)c1ccc2ccccc2c1. The van der Waals surface area contributed by atoms with Gasteiger partial charge >= 0.3 is 5.97 Å². The molecule has 0 bridgehead atoms. The first kappa shape index (κ1) is 15.3. The van der Waals surface area contributed by atoms with Crippen LogP contribution in [-0.2, 0) is 19.6 Å². The number of nitrogens with zero attached hydrogens (tertiary/aromatic N) is 1. The number of hydrogen-bond donors (Lipinski definition) is 0. The molecule has 2 rings (SSSR count). The summed E-state index contributed by atoms with van der Waals surface area (Å²) in [6.07, 6.45) is 0. The lowest BCUT2D eigenvalue weighted by molar-refractivity contribution is -0.138. The fourth-order valence-electron chi connectivity index (χ4n) is 2.02. The van der Waals surface area contributed by atoms with E-state index in [-0.39, 0.29) is 12.3 Å². The highest BCUT2D eigenvalue weighted by Crippen LogP contribution is 2.24. The van der Waals surface area contributed by atoms with E-state index < -0.39 is 16.0 Å². The molecule has 5 nitrogen and oxygen atoms in total. The number of esters is 1. The van der Waals surface area contributed by atoms with Gasteiger partial charge in [-0.2, -0.15) is 0 Å². The number of carbonyl (C=O) groups excluding carboxylic acids is 1. The second-order valence-corrected chi connectivity index (χ2v) is 6.70. The van der Waals surface area contributed by atoms with Gasteiger partial charge in [0, 0.05) is 0 Å². The summed E-state index contributed by atoms with van der Waals surface area (Å²) in [6.45, 7) is 1.21. The number of fused-ring (bicyclic) bond motifs is 1. The van der Waals surface area contributed by atoms with Crippen LogP contribution in [0.5, 0.6) is 0 Å². The summed E-state index contributed by atoms with van der Waals surface area (Å²) in [5, 5.41) is 1.92. The van der Waals surface area contributed by atoms with Gasteiger partial charge in [0.15, 0.2) is 0 Å². The van der Waals surface area contributed by atoms with Crippen LogP contribution in [-0.4, -0.2) is 33.8 Å². The van der Waals surface area contributed by atoms with Crippen LogP contribution in [0.3, 0.4) is 0 Å². The third kappa shape index (κ3) is 3.33. The number of anilines is 1. The minimum atomic E-state index is -3.55. The Hall–Kier alpha value is -2.08. The van der Waals surface area contributed by atoms with Crippen LogP contribution < -0.4 is 4.31 Å². The Morgan fingerprint density at radius 2 is 1.81 bits per heavy atom. The smallest absolute Gasteiger partial charge is 0.326 e. The number of carbonyl (C=O) groups is 1. The van der Waals surface area contributed by atoms with Crippen LogP contribution in [0, 0.1) is 0 Å². The van der Waals surface area contributed by atoms with E-state index in [2.05, 4.69) is 4.74 Å². The van der Waals surface area contributed by atoms with Gasteiger partial charge < -0.3 is 4.74 Å². The Labute approximate surface area is 124 Å². The summed E-state index contributed by atoms with van der Waals surface area (Å²) in [5.41, 5.74) is 0.459. The Morgan fingerprint density at radius 1 is 1.14 bits per heavy atom. The van der Waals surface area contributed by atoms with Gasteiger partial charge in [0.2, 0.25) is 10.0 Å². The normalized spacial score (nSPS) is 11.3. The lowest BCUT2D eigenvalue weighted by atomic mass is 10.1. The van der Waals surface area contributed by atoms with E-state index in [0.29, 0.717) is 5.69 Å². The Morgan fingerprint density at radius 3 is 2.43 bits per heavy atom. The van der Waals surface area contributed by atoms with Crippen molar-refractivity contribution in [3.05, 3.63) is 42.5 Å². The van der Waals surface area contributed by atoms with Crippen molar-refractivity contribution >= 4 is 32.5 Å². The van der Waals surface area contributed by atoms with E-state index in [1.54, 1.807) is 19.1 Å². The van der Waals surface area contributed by atoms with Crippen LogP contribution in [0.1, 0.15) is 6.92 Å². The molecule has 0 saturated carbocycles. The number of rotatable bonds is 5. The average molecular weight is 307 g/mol. The number of benzene rings is 2. The minimum Gasteiger partial charge on any atom is -0.468 e. The topological polar surface area (TPSA) is 63.7 Å². The zero-order chi connectivity index (χ0) is 15.5. The van der Waals surface area contributed by atoms with E-state index in [0.717, 1.165) is 15.1 Å². The largest absolute Gasteiger partial charge is 0.468 e. The fourth-order valence-corrected chi connectivity index (χ4v) is 3.07. The van der Waals surface area contributed by atoms with Crippen LogP contribution >= 0.6 is 0 Å². The van der Waals surface area contributed by atoms with Crippen molar-refractivity contribution in [2.24, 2.45) is 0 Å². The summed E-state index contributed by atoms with van der Waals surface area (Å²) >= 11 is 0. The lowest BCUT2D eigenvalue weighted by Gasteiger charge is -2.22. The number of sulfonamides is 1. The van der Waals surface area contributed by atoms with Gasteiger partial charge in [0.25, 0.3) is 0 Å². The third-order valence-corrected chi connectivity index (χ3v) is 4.96. The fraction of sp³-hybridized carbons (Fsp3) is 0.267. The highest BCUT2D eigenvalue weighted by atomic mass is 32.2. The van der Waals surface area contributed by atoms with Crippen LogP contribution in [0.2, 0.25) is 0 Å². The Balaban J connectivity index is 2.50. The van der Waals surface area contributed by atoms with Crippen molar-refractivity contribution in [2.45, 2.75) is 6.92 Å². The number of ether oxygens (including phenoxy) is 1. The summed E-state index contributed by atoms with van der Waals surface area (Å²) in [7, 11) is -2.32. The summed E-state index contributed by atoms with van der Waals surface area (Å²) in [4.78, 5) is 11.5. The van der Waals surface area contributed by atoms with Crippen molar-refractivity contribution in [2.75, 3.05) is 23.7 Å². The van der Waals surface area contributed by atoms with E-state index in [9.17, 15) is 13.2 Å². The summed E-state index contributed by atoms with van der Waals surface area (Å²) in [5.74, 6) is -0.684. The van der Waals surface area contributed by atoms with Gasteiger partial charge in [-0.05, 0) is 29.8 Å². The molecule has 0 radical (unpaired) electrons. The zero-order valence-electron chi connectivity index (χ0n) is 11.9. The van der Waals surface area contributed by atoms with E-state index in [1.807, 2.05) is 30.3 Å². The average Bonchev–Trinajstić information content (AvgIpc) is 2.51. The molecule has 6 heteroatoms. The molecule has 0 fully saturated rings. The van der Waals surface area contributed by atoms with Crippen molar-refractivity contribution in [1.29, 1.82) is 0 Å². The first-order valence-corrected chi connectivity index (χ1v) is 8.15. The first-order chi connectivity index (χ1) is 9.97. The molecule has 21 heavy (non-hydrogen) atoms. The second-order valence-electron chi connectivity index (χ2n) is 4.51. The molecule has 0 aliphatic heterocycles. The highest BCUT2D eigenvalue weighted by molar-refractivity contribution is 7.92. The van der Waals surface area contributed by atoms with Crippen LogP contribution in [0.15, 0.2) is 42.5 Å². The summed E-state index contributed by atoms with van der Waals surface area (Å²) < 4.78 is 30.1. The standard InChI is InChI=1S/C15H17NO4S/c1-3-21(18,19)16(11-15(17)20-2)14-9-8-12-6-4-5-7-13(12)10-14/h4-10H,3,11H2,1-2H3. The van der Waals surface area contributed by atoms with E-state index >= 15 is 0 Å². The molecule has 0 spiro atoms. The van der Waals surface area contributed by atoms with Gasteiger partial charge in [0.1, 0.15) is 6.54 Å². The summed E-state index contributed by atoms with van der Waals surface area (Å²) in [6, 6.07) is 12.9. The molecule has 2 aromatic carbocycles. The van der Waals surface area contributed by atoms with Crippen LogP contribution in [0.25, 0.3) is 10.8 Å². The predicted molar refractivity (Wildman–Crippen MR) is 82.8 cm³/mol. The maximum atomic E-state index is 12.2. The predicted octanol–water partition coefficient (Wildman–Crippen LogP) is 2.17. The third-order valence-electron chi connectivity index (χ3n) is 3.22. The van der Waals surface area contributed by atoms with Crippen molar-refractivity contribution < 1.29 is 17.9 Å². The molecule has 0 atom stereocenters. The molecule has 112 valence electrons. The second kappa shape index (κ2) is 6.13. The molecule has 0 amide bonds. The van der Waals surface area contributed by atoms with E-state index in [4.69, 9.17) is 0 Å². The van der Waals surface area contributed by atoms with Gasteiger partial charge in [-0.25, -0.2) is 8.42 Å². The molecule has 0 unspecified atom stereocenters. The Kier molecular flexibility index (Phi) is 4.47. The molecule has 2 aromatic rings. The molecular weight excluding hydrogens is 290 g/mol. The maximum absolute atomic E-state index is 12.2. The molecule has 0 aliphatic carbocycles. The van der Waals surface area contributed by atoms with Gasteiger partial charge in [-0.1, -0.05) is 30.3 Å². The highest BCUT2D eigenvalue weighted by Gasteiger charge is 2.23. The molecule has 0 aromatic heterocycles. The van der Waals surface area contributed by atoms with Gasteiger partial charge in [-0.15, -0.1) is 0 Å². The molecule has 0 saturated heterocycles. The molecule has 0 N–H and O–H groups in total. The van der Waals surface area contributed by atoms with E-state index in [1.165, 1.54) is 7.11 Å². The maximum Gasteiger partial charge on any atom is 0.326 e. The van der Waals surface area contributed by atoms with Gasteiger partial charge in [0.05, 0.1) is 18.6 Å². The molecular formula is C15H17NO4S. The Bertz CT molecular complexity index is 755. The minimum absolute atomic E-state index is 0.0865. The monoisotopic (exact) mass is 307 g/mol. The lowest BCUT2D eigenvalue weighted by Crippen LogP contribution is -2.37. The van der Waals surface area contributed by atoms with Crippen molar-refractivity contribution in [3.8, 4) is 0 Å². The van der Waals surface area contributed by atoms with Gasteiger partial charge in [-0.3, -0.25) is 9.10 Å². The van der Waals surface area contributed by atoms with Crippen LogP contribution in [0.4, 0.5) is 5.69 Å². The quantitative estimate of drug-likeness (QED) is 0.794.